The number of hydrogen-bond acceptors (Lipinski definition) is 3. The van der Waals surface area contributed by atoms with Crippen LogP contribution in [-0.4, -0.2) is 22.5 Å². The number of hydrogen-bond donors (Lipinski definition) is 0. The minimum absolute atomic E-state index is 0.296. The van der Waals surface area contributed by atoms with Crippen molar-refractivity contribution in [3.63, 3.8) is 0 Å². The summed E-state index contributed by atoms with van der Waals surface area (Å²) in [6.07, 6.45) is -0.296. The van der Waals surface area contributed by atoms with Gasteiger partial charge in [-0.25, -0.2) is 9.10 Å². The van der Waals surface area contributed by atoms with Gasteiger partial charge in [0.25, 0.3) is 0 Å². The number of aryl methyl sites for hydroxylation is 1. The number of benzene rings is 1. The van der Waals surface area contributed by atoms with Crippen LogP contribution in [0.25, 0.3) is 0 Å². The van der Waals surface area contributed by atoms with Gasteiger partial charge in [0.15, 0.2) is 0 Å². The smallest absolute Gasteiger partial charge is 0.420 e. The molecular weight excluding hydrogens is 246 g/mol. The van der Waals surface area contributed by atoms with E-state index in [1.807, 2.05) is 58.9 Å². The molecule has 18 heavy (non-hydrogen) atoms. The fourth-order valence-corrected chi connectivity index (χ4v) is 2.02. The van der Waals surface area contributed by atoms with Gasteiger partial charge in [-0.3, -0.25) is 0 Å². The molecule has 0 saturated carbocycles. The highest BCUT2D eigenvalue weighted by Crippen LogP contribution is 2.24. The zero-order valence-corrected chi connectivity index (χ0v) is 12.5. The number of nitrogens with zero attached hydrogens (tertiary/aromatic N) is 1. The Bertz CT molecular complexity index is 395. The Hall–Kier alpha value is -1.16. The standard InChI is InChI=1S/C14H21NO2S/c1-6-15(13(16)17-14(3,4)5)18-12-9-7-11(2)8-10-12/h7-10H,6H2,1-5H3. The molecule has 0 aliphatic rings. The second-order valence-corrected chi connectivity index (χ2v) is 6.17. The number of ether oxygens (including phenoxy) is 1. The summed E-state index contributed by atoms with van der Waals surface area (Å²) in [5.41, 5.74) is 0.748. The van der Waals surface area contributed by atoms with Gasteiger partial charge in [-0.15, -0.1) is 0 Å². The van der Waals surface area contributed by atoms with Gasteiger partial charge in [0.05, 0.1) is 0 Å². The molecule has 0 aliphatic carbocycles. The van der Waals surface area contributed by atoms with Gasteiger partial charge in [0.2, 0.25) is 0 Å². The van der Waals surface area contributed by atoms with Crippen molar-refractivity contribution in [2.45, 2.75) is 45.1 Å². The summed E-state index contributed by atoms with van der Waals surface area (Å²) < 4.78 is 6.97. The lowest BCUT2D eigenvalue weighted by molar-refractivity contribution is 0.0411. The second-order valence-electron chi connectivity index (χ2n) is 5.08. The van der Waals surface area contributed by atoms with E-state index >= 15 is 0 Å². The van der Waals surface area contributed by atoms with Crippen LogP contribution in [0.4, 0.5) is 4.79 Å². The van der Waals surface area contributed by atoms with Crippen LogP contribution in [0.3, 0.4) is 0 Å². The Morgan fingerprint density at radius 2 is 1.83 bits per heavy atom. The van der Waals surface area contributed by atoms with Crippen molar-refractivity contribution in [1.29, 1.82) is 0 Å². The van der Waals surface area contributed by atoms with Crippen molar-refractivity contribution < 1.29 is 9.53 Å². The lowest BCUT2D eigenvalue weighted by atomic mass is 10.2. The fourth-order valence-electron chi connectivity index (χ4n) is 1.27. The van der Waals surface area contributed by atoms with Gasteiger partial charge in [0, 0.05) is 11.4 Å². The van der Waals surface area contributed by atoms with Gasteiger partial charge in [-0.1, -0.05) is 17.7 Å². The van der Waals surface area contributed by atoms with Gasteiger partial charge in [0.1, 0.15) is 5.60 Å². The fraction of sp³-hybridized carbons (Fsp3) is 0.500. The monoisotopic (exact) mass is 267 g/mol. The summed E-state index contributed by atoms with van der Waals surface area (Å²) in [7, 11) is 0. The molecule has 0 heterocycles. The normalized spacial score (nSPS) is 11.2. The van der Waals surface area contributed by atoms with Crippen molar-refractivity contribution in [2.75, 3.05) is 6.54 Å². The van der Waals surface area contributed by atoms with Crippen LogP contribution < -0.4 is 0 Å². The van der Waals surface area contributed by atoms with E-state index < -0.39 is 5.60 Å². The Morgan fingerprint density at radius 1 is 1.28 bits per heavy atom. The van der Waals surface area contributed by atoms with Gasteiger partial charge in [-0.2, -0.15) is 0 Å². The first-order valence-electron chi connectivity index (χ1n) is 6.07. The third-order valence-corrected chi connectivity index (χ3v) is 3.23. The molecule has 0 atom stereocenters. The minimum Gasteiger partial charge on any atom is -0.443 e. The Kier molecular flexibility index (Phi) is 5.08. The quantitative estimate of drug-likeness (QED) is 0.766. The molecule has 0 bridgehead atoms. The first-order chi connectivity index (χ1) is 8.31. The topological polar surface area (TPSA) is 29.5 Å². The summed E-state index contributed by atoms with van der Waals surface area (Å²) in [6.45, 7) is 10.2. The molecule has 0 aliphatic heterocycles. The maximum atomic E-state index is 11.9. The lowest BCUT2D eigenvalue weighted by Gasteiger charge is -2.25. The number of amides is 1. The molecule has 4 heteroatoms. The average Bonchev–Trinajstić information content (AvgIpc) is 2.25. The first-order valence-corrected chi connectivity index (χ1v) is 6.84. The summed E-state index contributed by atoms with van der Waals surface area (Å²) in [5.74, 6) is 0. The highest BCUT2D eigenvalue weighted by Gasteiger charge is 2.21. The third kappa shape index (κ3) is 5.00. The van der Waals surface area contributed by atoms with Crippen LogP contribution in [-0.2, 0) is 4.74 Å². The maximum absolute atomic E-state index is 11.9. The first kappa shape index (κ1) is 14.9. The summed E-state index contributed by atoms with van der Waals surface area (Å²) in [6, 6.07) is 8.08. The Labute approximate surface area is 114 Å². The molecule has 0 unspecified atom stereocenters. The molecule has 1 aromatic carbocycles. The van der Waals surface area contributed by atoms with Crippen LogP contribution in [0.15, 0.2) is 29.2 Å². The Balaban J connectivity index is 2.67. The average molecular weight is 267 g/mol. The number of rotatable bonds is 3. The zero-order valence-electron chi connectivity index (χ0n) is 11.7. The highest BCUT2D eigenvalue weighted by atomic mass is 32.2. The minimum atomic E-state index is -0.460. The van der Waals surface area contributed by atoms with Crippen molar-refractivity contribution in [3.8, 4) is 0 Å². The van der Waals surface area contributed by atoms with E-state index in [9.17, 15) is 4.79 Å². The SMILES string of the molecule is CCN(Sc1ccc(C)cc1)C(=O)OC(C)(C)C. The highest BCUT2D eigenvalue weighted by molar-refractivity contribution is 7.97. The van der Waals surface area contributed by atoms with Gasteiger partial charge < -0.3 is 4.74 Å². The number of carbonyl (C=O) groups is 1. The molecular formula is C14H21NO2S. The van der Waals surface area contributed by atoms with Crippen molar-refractivity contribution >= 4 is 18.0 Å². The molecule has 0 aromatic heterocycles. The van der Waals surface area contributed by atoms with Crippen molar-refractivity contribution in [2.24, 2.45) is 0 Å². The summed E-state index contributed by atoms with van der Waals surface area (Å²) in [4.78, 5) is 13.0. The van der Waals surface area contributed by atoms with E-state index in [0.717, 1.165) is 4.90 Å². The Morgan fingerprint density at radius 3 is 2.28 bits per heavy atom. The van der Waals surface area contributed by atoms with E-state index in [4.69, 9.17) is 4.74 Å². The molecule has 0 saturated heterocycles. The maximum Gasteiger partial charge on any atom is 0.420 e. The molecule has 0 spiro atoms. The predicted octanol–water partition coefficient (Wildman–Crippen LogP) is 4.26. The molecule has 0 fully saturated rings. The van der Waals surface area contributed by atoms with Crippen LogP contribution in [0, 0.1) is 6.92 Å². The number of carbonyl (C=O) groups excluding carboxylic acids is 1. The van der Waals surface area contributed by atoms with E-state index in [-0.39, 0.29) is 6.09 Å². The lowest BCUT2D eigenvalue weighted by Crippen LogP contribution is -2.32. The molecule has 1 rings (SSSR count). The van der Waals surface area contributed by atoms with Crippen LogP contribution in [0.1, 0.15) is 33.3 Å². The van der Waals surface area contributed by atoms with Crippen LogP contribution in [0.2, 0.25) is 0 Å². The molecule has 0 N–H and O–H groups in total. The van der Waals surface area contributed by atoms with E-state index in [0.29, 0.717) is 6.54 Å². The zero-order chi connectivity index (χ0) is 13.8. The molecule has 1 aromatic rings. The van der Waals surface area contributed by atoms with Gasteiger partial charge in [-0.05, 0) is 58.7 Å². The van der Waals surface area contributed by atoms with E-state index in [1.54, 1.807) is 4.31 Å². The van der Waals surface area contributed by atoms with Crippen LogP contribution in [0.5, 0.6) is 0 Å². The predicted molar refractivity (Wildman–Crippen MR) is 75.7 cm³/mol. The second kappa shape index (κ2) is 6.14. The largest absolute Gasteiger partial charge is 0.443 e. The summed E-state index contributed by atoms with van der Waals surface area (Å²) >= 11 is 1.40. The van der Waals surface area contributed by atoms with E-state index in [2.05, 4.69) is 0 Å². The van der Waals surface area contributed by atoms with Crippen molar-refractivity contribution in [1.82, 2.24) is 4.31 Å². The van der Waals surface area contributed by atoms with Crippen molar-refractivity contribution in [3.05, 3.63) is 29.8 Å². The summed E-state index contributed by atoms with van der Waals surface area (Å²) in [5, 5.41) is 0. The van der Waals surface area contributed by atoms with E-state index in [1.165, 1.54) is 17.5 Å². The third-order valence-electron chi connectivity index (χ3n) is 2.12. The molecule has 100 valence electrons. The molecule has 0 radical (unpaired) electrons. The molecule has 1 amide bonds. The van der Waals surface area contributed by atoms with Crippen LogP contribution >= 0.6 is 11.9 Å². The molecule has 3 nitrogen and oxygen atoms in total. The van der Waals surface area contributed by atoms with Gasteiger partial charge >= 0.3 is 6.09 Å².